The molecule has 0 aromatic heterocycles. The van der Waals surface area contributed by atoms with Gasteiger partial charge in [-0.1, -0.05) is 6.07 Å². The molecule has 0 aliphatic carbocycles. The van der Waals surface area contributed by atoms with Gasteiger partial charge in [0, 0.05) is 23.7 Å². The molecule has 1 fully saturated rings. The third kappa shape index (κ3) is 4.33. The molecule has 0 saturated carbocycles. The first kappa shape index (κ1) is 16.2. The number of carbonyl (C=O) groups excluding carboxylic acids is 1. The molecule has 1 unspecified atom stereocenters. The summed E-state index contributed by atoms with van der Waals surface area (Å²) in [5.41, 5.74) is 0.0200. The zero-order valence-corrected chi connectivity index (χ0v) is 11.8. The third-order valence-corrected chi connectivity index (χ3v) is 3.71. The zero-order chi connectivity index (χ0) is 13.0. The van der Waals surface area contributed by atoms with Crippen LogP contribution in [-0.2, 0) is 11.2 Å². The molecule has 1 saturated heterocycles. The van der Waals surface area contributed by atoms with E-state index >= 15 is 0 Å². The molecule has 3 nitrogen and oxygen atoms in total. The zero-order valence-electron chi connectivity index (χ0n) is 10.1. The number of amides is 1. The number of rotatable bonds is 4. The molecule has 1 aliphatic rings. The van der Waals surface area contributed by atoms with Gasteiger partial charge in [-0.15, -0.1) is 24.2 Å². The van der Waals surface area contributed by atoms with E-state index in [9.17, 15) is 13.6 Å². The van der Waals surface area contributed by atoms with Gasteiger partial charge in [0.25, 0.3) is 0 Å². The van der Waals surface area contributed by atoms with Gasteiger partial charge in [0.2, 0.25) is 5.91 Å². The summed E-state index contributed by atoms with van der Waals surface area (Å²) in [5, 5.41) is 5.71. The van der Waals surface area contributed by atoms with E-state index in [1.54, 1.807) is 11.8 Å². The summed E-state index contributed by atoms with van der Waals surface area (Å²) in [7, 11) is 0. The second-order valence-electron chi connectivity index (χ2n) is 4.01. The van der Waals surface area contributed by atoms with Gasteiger partial charge in [-0.3, -0.25) is 10.1 Å². The van der Waals surface area contributed by atoms with Crippen molar-refractivity contribution in [2.75, 3.05) is 18.2 Å². The average Bonchev–Trinajstić information content (AvgIpc) is 2.86. The van der Waals surface area contributed by atoms with Crippen molar-refractivity contribution in [1.29, 1.82) is 0 Å². The number of carbonyl (C=O) groups is 1. The fraction of sp³-hybridized carbons (Fsp3) is 0.417. The molecule has 1 amide bonds. The maximum Gasteiger partial charge on any atom is 0.238 e. The number of thioether (sulfide) groups is 1. The van der Waals surface area contributed by atoms with E-state index in [1.807, 2.05) is 0 Å². The Kier molecular flexibility index (Phi) is 6.54. The van der Waals surface area contributed by atoms with Gasteiger partial charge in [-0.2, -0.15) is 0 Å². The van der Waals surface area contributed by atoms with Crippen molar-refractivity contribution in [3.05, 3.63) is 35.4 Å². The Labute approximate surface area is 120 Å². The van der Waals surface area contributed by atoms with Crippen LogP contribution in [0.1, 0.15) is 5.56 Å². The summed E-state index contributed by atoms with van der Waals surface area (Å²) in [5.74, 6) is 0.245. The topological polar surface area (TPSA) is 41.1 Å². The van der Waals surface area contributed by atoms with E-state index in [-0.39, 0.29) is 42.9 Å². The van der Waals surface area contributed by atoms with Gasteiger partial charge < -0.3 is 5.32 Å². The Morgan fingerprint density at radius 3 is 2.68 bits per heavy atom. The Hall–Kier alpha value is -0.850. The van der Waals surface area contributed by atoms with Gasteiger partial charge >= 0.3 is 0 Å². The van der Waals surface area contributed by atoms with E-state index in [1.165, 1.54) is 18.2 Å². The van der Waals surface area contributed by atoms with Gasteiger partial charge in [0.1, 0.15) is 11.6 Å². The molecule has 0 spiro atoms. The van der Waals surface area contributed by atoms with Crippen molar-refractivity contribution < 1.29 is 13.6 Å². The van der Waals surface area contributed by atoms with Gasteiger partial charge in [-0.05, 0) is 18.6 Å². The van der Waals surface area contributed by atoms with Crippen molar-refractivity contribution in [2.45, 2.75) is 12.5 Å². The maximum atomic E-state index is 13.3. The van der Waals surface area contributed by atoms with Crippen LogP contribution in [0.15, 0.2) is 18.2 Å². The number of hydrogen-bond acceptors (Lipinski definition) is 3. The quantitative estimate of drug-likeness (QED) is 0.890. The van der Waals surface area contributed by atoms with Crippen molar-refractivity contribution in [1.82, 2.24) is 10.6 Å². The number of hydrogen-bond donors (Lipinski definition) is 2. The van der Waals surface area contributed by atoms with Crippen LogP contribution in [0.2, 0.25) is 0 Å². The maximum absolute atomic E-state index is 13.3. The molecule has 7 heteroatoms. The first-order valence-corrected chi connectivity index (χ1v) is 6.85. The van der Waals surface area contributed by atoms with Gasteiger partial charge in [0.15, 0.2) is 0 Å². The lowest BCUT2D eigenvalue weighted by Gasteiger charge is -2.11. The molecule has 1 aromatic rings. The van der Waals surface area contributed by atoms with Crippen LogP contribution in [0.4, 0.5) is 8.78 Å². The standard InChI is InChI=1S/C12H14F2N2OS.ClH/c13-9-2-1-3-10(14)8(9)4-5-15-12(17)11-6-18-7-16-11;/h1-3,11,16H,4-7H2,(H,15,17);1H. The Morgan fingerprint density at radius 1 is 1.42 bits per heavy atom. The Morgan fingerprint density at radius 2 is 2.11 bits per heavy atom. The highest BCUT2D eigenvalue weighted by Gasteiger charge is 2.21. The smallest absolute Gasteiger partial charge is 0.238 e. The van der Waals surface area contributed by atoms with Crippen molar-refractivity contribution in [3.8, 4) is 0 Å². The normalized spacial score (nSPS) is 17.9. The van der Waals surface area contributed by atoms with Crippen molar-refractivity contribution in [2.24, 2.45) is 0 Å². The fourth-order valence-electron chi connectivity index (χ4n) is 1.77. The van der Waals surface area contributed by atoms with E-state index in [2.05, 4.69) is 10.6 Å². The largest absolute Gasteiger partial charge is 0.354 e. The summed E-state index contributed by atoms with van der Waals surface area (Å²) < 4.78 is 26.6. The highest BCUT2D eigenvalue weighted by atomic mass is 35.5. The average molecular weight is 309 g/mol. The second kappa shape index (κ2) is 7.67. The SMILES string of the molecule is Cl.O=C(NCCc1c(F)cccc1F)C1CSCN1. The lowest BCUT2D eigenvalue weighted by molar-refractivity contribution is -0.122. The molecule has 1 atom stereocenters. The molecule has 19 heavy (non-hydrogen) atoms. The van der Waals surface area contributed by atoms with Crippen LogP contribution in [0.3, 0.4) is 0 Å². The fourth-order valence-corrected chi connectivity index (χ4v) is 2.71. The molecule has 2 rings (SSSR count). The number of nitrogens with one attached hydrogen (secondary N) is 2. The molecule has 1 heterocycles. The van der Waals surface area contributed by atoms with Gasteiger partial charge in [-0.25, -0.2) is 8.78 Å². The predicted molar refractivity (Wildman–Crippen MR) is 74.6 cm³/mol. The minimum absolute atomic E-state index is 0. The lowest BCUT2D eigenvalue weighted by atomic mass is 10.1. The molecule has 1 aliphatic heterocycles. The van der Waals surface area contributed by atoms with Crippen LogP contribution >= 0.6 is 24.2 Å². The van der Waals surface area contributed by atoms with Crippen LogP contribution in [-0.4, -0.2) is 30.1 Å². The van der Waals surface area contributed by atoms with E-state index in [4.69, 9.17) is 0 Å². The number of benzene rings is 1. The van der Waals surface area contributed by atoms with E-state index in [0.29, 0.717) is 0 Å². The highest BCUT2D eigenvalue weighted by Crippen LogP contribution is 2.12. The van der Waals surface area contributed by atoms with Crippen LogP contribution < -0.4 is 10.6 Å². The highest BCUT2D eigenvalue weighted by molar-refractivity contribution is 7.99. The Bertz CT molecular complexity index is 421. The molecule has 2 N–H and O–H groups in total. The molecular formula is C12H15ClF2N2OS. The van der Waals surface area contributed by atoms with E-state index in [0.717, 1.165) is 11.6 Å². The lowest BCUT2D eigenvalue weighted by Crippen LogP contribution is -2.42. The van der Waals surface area contributed by atoms with Crippen molar-refractivity contribution >= 4 is 30.1 Å². The van der Waals surface area contributed by atoms with Crippen LogP contribution in [0.25, 0.3) is 0 Å². The first-order chi connectivity index (χ1) is 8.68. The molecule has 106 valence electrons. The minimum atomic E-state index is -0.571. The Balaban J connectivity index is 0.00000180. The molecule has 1 aromatic carbocycles. The van der Waals surface area contributed by atoms with Crippen LogP contribution in [0.5, 0.6) is 0 Å². The predicted octanol–water partition coefficient (Wildman–Crippen LogP) is 1.71. The summed E-state index contributed by atoms with van der Waals surface area (Å²) >= 11 is 1.65. The first-order valence-electron chi connectivity index (χ1n) is 5.70. The summed E-state index contributed by atoms with van der Waals surface area (Å²) in [6.07, 6.45) is 0.157. The van der Waals surface area contributed by atoms with Crippen molar-refractivity contribution in [3.63, 3.8) is 0 Å². The summed E-state index contributed by atoms with van der Waals surface area (Å²) in [4.78, 5) is 11.6. The number of halogens is 3. The summed E-state index contributed by atoms with van der Waals surface area (Å²) in [6.45, 7) is 0.236. The minimum Gasteiger partial charge on any atom is -0.354 e. The van der Waals surface area contributed by atoms with E-state index < -0.39 is 11.6 Å². The molecular weight excluding hydrogens is 294 g/mol. The third-order valence-electron chi connectivity index (χ3n) is 2.77. The molecule has 0 bridgehead atoms. The van der Waals surface area contributed by atoms with Crippen LogP contribution in [0, 0.1) is 11.6 Å². The van der Waals surface area contributed by atoms with Gasteiger partial charge in [0.05, 0.1) is 6.04 Å². The monoisotopic (exact) mass is 308 g/mol. The second-order valence-corrected chi connectivity index (χ2v) is 5.04. The summed E-state index contributed by atoms with van der Waals surface area (Å²) in [6, 6.07) is 3.57. The molecule has 0 radical (unpaired) electrons.